The lowest BCUT2D eigenvalue weighted by Gasteiger charge is -2.35. The van der Waals surface area contributed by atoms with Crippen molar-refractivity contribution in [3.8, 4) is 0 Å². The molecule has 318 valence electrons. The van der Waals surface area contributed by atoms with Crippen molar-refractivity contribution in [3.63, 3.8) is 0 Å². The van der Waals surface area contributed by atoms with Gasteiger partial charge in [0.2, 0.25) is 0 Å². The van der Waals surface area contributed by atoms with E-state index >= 15 is 0 Å². The van der Waals surface area contributed by atoms with Crippen LogP contribution in [0.4, 0.5) is 0 Å². The highest BCUT2D eigenvalue weighted by Crippen LogP contribution is 2.36. The molecule has 0 aliphatic heterocycles. The Balaban J connectivity index is 4.52. The highest BCUT2D eigenvalue weighted by molar-refractivity contribution is 7.46. The Bertz CT molecular complexity index is 990. The summed E-state index contributed by atoms with van der Waals surface area (Å²) in [5.74, 6) is -0.666. The quantitative estimate of drug-likeness (QED) is 0.0208. The minimum atomic E-state index is -4.68. The van der Waals surface area contributed by atoms with Crippen molar-refractivity contribution < 1.29 is 42.4 Å². The zero-order chi connectivity index (χ0) is 40.2. The number of hydrogen-bond donors (Lipinski definition) is 2. The lowest BCUT2D eigenvalue weighted by Crippen LogP contribution is -2.50. The lowest BCUT2D eigenvalue weighted by atomic mass is 10.1. The van der Waals surface area contributed by atoms with E-state index in [1.54, 1.807) is 0 Å². The van der Waals surface area contributed by atoms with E-state index in [4.69, 9.17) is 14.0 Å². The van der Waals surface area contributed by atoms with E-state index < -0.39 is 20.0 Å². The first-order valence-corrected chi connectivity index (χ1v) is 23.6. The number of ether oxygens (including phenoxy) is 2. The summed E-state index contributed by atoms with van der Waals surface area (Å²) in [5.41, 5.74) is 0. The average molecular weight is 787 g/mol. The second kappa shape index (κ2) is 35.9. The minimum Gasteiger partial charge on any atom is -0.462 e. The van der Waals surface area contributed by atoms with Crippen molar-refractivity contribution in [1.82, 2.24) is 0 Å². The third-order valence-electron chi connectivity index (χ3n) is 10.1. The van der Waals surface area contributed by atoms with Crippen molar-refractivity contribution >= 4 is 19.8 Å². The molecule has 0 aliphatic rings. The average Bonchev–Trinajstić information content (AvgIpc) is 3.11. The van der Waals surface area contributed by atoms with Crippen LogP contribution in [0.3, 0.4) is 0 Å². The van der Waals surface area contributed by atoms with Crippen LogP contribution in [-0.4, -0.2) is 72.7 Å². The molecule has 0 radical (unpaired) electrons. The van der Waals surface area contributed by atoms with E-state index in [0.717, 1.165) is 70.6 Å². The number of unbranched alkanes of at least 4 members (excludes halogenated alkanes) is 22. The third-order valence-corrected chi connectivity index (χ3v) is 10.6. The molecule has 0 spiro atoms. The number of likely N-dealkylation sites (N-methyl/N-ethyl adjacent to an activating group) is 1. The maximum Gasteiger partial charge on any atom is 0.469 e. The maximum absolute atomic E-state index is 12.9. The normalized spacial score (nSPS) is 13.5. The lowest BCUT2D eigenvalue weighted by molar-refractivity contribution is -0.897. The predicted molar refractivity (Wildman–Crippen MR) is 224 cm³/mol. The van der Waals surface area contributed by atoms with Gasteiger partial charge in [-0.1, -0.05) is 141 Å². The Morgan fingerprint density at radius 1 is 0.556 bits per heavy atom. The van der Waals surface area contributed by atoms with Crippen LogP contribution < -0.4 is 0 Å². The topological polar surface area (TPSA) is 119 Å². The zero-order valence-electron chi connectivity index (χ0n) is 35.6. The number of allylic oxidation sites excluding steroid dienone is 4. The van der Waals surface area contributed by atoms with Crippen LogP contribution in [0, 0.1) is 0 Å². The number of rotatable bonds is 39. The van der Waals surface area contributed by atoms with Gasteiger partial charge in [-0.25, -0.2) is 4.57 Å². The molecule has 0 saturated carbocycles. The summed E-state index contributed by atoms with van der Waals surface area (Å²) in [4.78, 5) is 44.1. The Kier molecular flexibility index (Phi) is 34.9. The molecule has 2 N–H and O–H groups in total. The van der Waals surface area contributed by atoms with Crippen LogP contribution in [0.15, 0.2) is 24.3 Å². The van der Waals surface area contributed by atoms with E-state index in [-0.39, 0.29) is 38.0 Å². The molecule has 0 heterocycles. The van der Waals surface area contributed by atoms with Gasteiger partial charge in [0, 0.05) is 19.3 Å². The number of hydrogen-bond acceptors (Lipinski definition) is 6. The fourth-order valence-electron chi connectivity index (χ4n) is 6.43. The van der Waals surface area contributed by atoms with Crippen molar-refractivity contribution in [2.24, 2.45) is 0 Å². The molecule has 10 heteroatoms. The SMILES string of the molecule is CCCCCCCC/C=C\CCCCCCCC(=O)OCC(C[C@H](COP(=O)(O)O)[N+](C)(C)C)OC(=O)CCCCCCC/C=C\CCCCCCCC. The molecule has 9 nitrogen and oxygen atoms in total. The molecule has 0 aromatic rings. The molecule has 0 bridgehead atoms. The molecule has 0 rings (SSSR count). The number of quaternary nitrogens is 1. The van der Waals surface area contributed by atoms with E-state index in [1.165, 1.54) is 96.3 Å². The standard InChI is InChI=1S/C44H84NO8P/c1-6-8-10-12-14-16-18-20-22-24-26-28-30-32-34-36-43(46)51-40-42(38-41(45(3,4)5)39-52-54(48,49)50)53-44(47)37-35-33-31-29-27-25-23-21-19-17-15-13-11-9-7-2/h20-23,41-42H,6-19,24-40H2,1-5H3,(H-,48,49,50)/p+1/b22-20-,23-21-/t41-,42?/m1/s1. The van der Waals surface area contributed by atoms with Crippen molar-refractivity contribution in [3.05, 3.63) is 24.3 Å². The molecule has 0 aromatic heterocycles. The summed E-state index contributed by atoms with van der Waals surface area (Å²) in [6.07, 6.45) is 40.1. The van der Waals surface area contributed by atoms with E-state index in [9.17, 15) is 23.9 Å². The fourth-order valence-corrected chi connectivity index (χ4v) is 6.79. The Morgan fingerprint density at radius 2 is 0.926 bits per heavy atom. The first kappa shape index (κ1) is 52.5. The summed E-state index contributed by atoms with van der Waals surface area (Å²) in [5, 5.41) is 0. The summed E-state index contributed by atoms with van der Waals surface area (Å²) < 4.78 is 28.0. The first-order valence-electron chi connectivity index (χ1n) is 22.0. The predicted octanol–water partition coefficient (Wildman–Crippen LogP) is 12.1. The number of nitrogens with zero attached hydrogens (tertiary/aromatic N) is 1. The summed E-state index contributed by atoms with van der Waals surface area (Å²) >= 11 is 0. The van der Waals surface area contributed by atoms with Crippen molar-refractivity contribution in [2.45, 2.75) is 212 Å². The number of carbonyl (C=O) groups is 2. The smallest absolute Gasteiger partial charge is 0.462 e. The molecule has 0 saturated heterocycles. The van der Waals surface area contributed by atoms with E-state index in [0.29, 0.717) is 10.9 Å². The van der Waals surface area contributed by atoms with E-state index in [2.05, 4.69) is 38.2 Å². The van der Waals surface area contributed by atoms with Gasteiger partial charge >= 0.3 is 19.8 Å². The molecular formula is C44H85NO8P+. The molecule has 1 unspecified atom stereocenters. The molecule has 0 amide bonds. The number of phosphoric ester groups is 1. The molecular weight excluding hydrogens is 701 g/mol. The van der Waals surface area contributed by atoms with Gasteiger partial charge in [0.05, 0.1) is 21.1 Å². The molecule has 0 fully saturated rings. The minimum absolute atomic E-state index is 0.0889. The van der Waals surface area contributed by atoms with Crippen LogP contribution in [0.25, 0.3) is 0 Å². The Labute approximate surface area is 332 Å². The van der Waals surface area contributed by atoms with E-state index in [1.807, 2.05) is 21.1 Å². The highest BCUT2D eigenvalue weighted by atomic mass is 31.2. The van der Waals surface area contributed by atoms with Crippen LogP contribution in [-0.2, 0) is 28.2 Å². The van der Waals surface area contributed by atoms with Gasteiger partial charge in [-0.2, -0.15) is 0 Å². The van der Waals surface area contributed by atoms with Gasteiger partial charge in [0.15, 0.2) is 0 Å². The molecule has 0 aliphatic carbocycles. The molecule has 54 heavy (non-hydrogen) atoms. The van der Waals surface area contributed by atoms with Crippen molar-refractivity contribution in [1.29, 1.82) is 0 Å². The fraction of sp³-hybridized carbons (Fsp3) is 0.864. The monoisotopic (exact) mass is 787 g/mol. The Morgan fingerprint density at radius 3 is 1.31 bits per heavy atom. The zero-order valence-corrected chi connectivity index (χ0v) is 36.5. The second-order valence-corrected chi connectivity index (χ2v) is 17.5. The highest BCUT2D eigenvalue weighted by Gasteiger charge is 2.32. The van der Waals surface area contributed by atoms with Gasteiger partial charge in [0.1, 0.15) is 25.4 Å². The summed E-state index contributed by atoms with van der Waals surface area (Å²) in [7, 11) is 0.980. The second-order valence-electron chi connectivity index (χ2n) is 16.3. The summed E-state index contributed by atoms with van der Waals surface area (Å²) in [6.45, 7) is 4.19. The van der Waals surface area contributed by atoms with Gasteiger partial charge in [-0.15, -0.1) is 0 Å². The number of phosphoric acid groups is 1. The van der Waals surface area contributed by atoms with Gasteiger partial charge in [-0.05, 0) is 64.2 Å². The maximum atomic E-state index is 12.9. The Hall–Kier alpha value is -1.51. The molecule has 2 atom stereocenters. The largest absolute Gasteiger partial charge is 0.469 e. The first-order chi connectivity index (χ1) is 25.9. The van der Waals surface area contributed by atoms with Crippen LogP contribution in [0.1, 0.15) is 200 Å². The van der Waals surface area contributed by atoms with Gasteiger partial charge < -0.3 is 23.7 Å². The van der Waals surface area contributed by atoms with Gasteiger partial charge in [-0.3, -0.25) is 14.1 Å². The van der Waals surface area contributed by atoms with Gasteiger partial charge in [0.25, 0.3) is 0 Å². The number of carbonyl (C=O) groups excluding carboxylic acids is 2. The van der Waals surface area contributed by atoms with Crippen LogP contribution >= 0.6 is 7.82 Å². The summed E-state index contributed by atoms with van der Waals surface area (Å²) in [6, 6.07) is -0.403. The number of esters is 2. The van der Waals surface area contributed by atoms with Crippen molar-refractivity contribution in [2.75, 3.05) is 34.4 Å². The van der Waals surface area contributed by atoms with Crippen LogP contribution in [0.2, 0.25) is 0 Å². The van der Waals surface area contributed by atoms with Crippen LogP contribution in [0.5, 0.6) is 0 Å². The third kappa shape index (κ3) is 37.4. The molecule has 0 aromatic carbocycles.